The van der Waals surface area contributed by atoms with Crippen LogP contribution >= 0.6 is 0 Å². The van der Waals surface area contributed by atoms with Crippen LogP contribution in [0.25, 0.3) is 0 Å². The smallest absolute Gasteiger partial charge is 0.368 e. The fraction of sp³-hybridized carbons (Fsp3) is 0.480. The molecule has 6 heteroatoms. The summed E-state index contributed by atoms with van der Waals surface area (Å²) in [7, 11) is 0. The molecule has 1 heterocycles. The molecule has 2 atom stereocenters. The first-order chi connectivity index (χ1) is 14.7. The third-order valence-corrected chi connectivity index (χ3v) is 6.80. The van der Waals surface area contributed by atoms with E-state index < -0.39 is 11.7 Å². The van der Waals surface area contributed by atoms with E-state index in [2.05, 4.69) is 31.2 Å². The number of hydrogen-bond acceptors (Lipinski definition) is 2. The van der Waals surface area contributed by atoms with Gasteiger partial charge in [-0.2, -0.15) is 13.2 Å². The Hall–Kier alpha value is -2.50. The zero-order valence-electron chi connectivity index (χ0n) is 18.1. The van der Waals surface area contributed by atoms with Crippen molar-refractivity contribution in [3.05, 3.63) is 64.7 Å². The largest absolute Gasteiger partial charge is 0.416 e. The molecule has 2 unspecified atom stereocenters. The summed E-state index contributed by atoms with van der Waals surface area (Å²) in [5.74, 6) is 0.687. The molecule has 1 amide bonds. The van der Waals surface area contributed by atoms with Crippen molar-refractivity contribution in [1.29, 1.82) is 0 Å². The van der Waals surface area contributed by atoms with Crippen LogP contribution in [-0.4, -0.2) is 37.0 Å². The van der Waals surface area contributed by atoms with E-state index in [1.807, 2.05) is 16.7 Å². The van der Waals surface area contributed by atoms with Gasteiger partial charge >= 0.3 is 6.18 Å². The van der Waals surface area contributed by atoms with Crippen molar-refractivity contribution in [3.63, 3.8) is 0 Å². The quantitative estimate of drug-likeness (QED) is 0.637. The first-order valence-corrected chi connectivity index (χ1v) is 11.0. The Balaban J connectivity index is 1.36. The highest BCUT2D eigenvalue weighted by Crippen LogP contribution is 2.39. The number of anilines is 1. The van der Waals surface area contributed by atoms with E-state index in [-0.39, 0.29) is 11.8 Å². The van der Waals surface area contributed by atoms with Crippen LogP contribution in [0.5, 0.6) is 0 Å². The van der Waals surface area contributed by atoms with Gasteiger partial charge in [0.1, 0.15) is 0 Å². The number of rotatable bonds is 3. The van der Waals surface area contributed by atoms with Crippen molar-refractivity contribution in [3.8, 4) is 0 Å². The van der Waals surface area contributed by atoms with Gasteiger partial charge in [0.05, 0.1) is 5.56 Å². The summed E-state index contributed by atoms with van der Waals surface area (Å²) in [5, 5.41) is 0. The van der Waals surface area contributed by atoms with Gasteiger partial charge in [-0.25, -0.2) is 0 Å². The molecule has 0 bridgehead atoms. The molecule has 0 aromatic heterocycles. The highest BCUT2D eigenvalue weighted by molar-refractivity contribution is 5.79. The number of alkyl halides is 3. The standard InChI is InChI=1S/C25H29F3N2O/c1-17-3-6-19(7-4-17)20-8-9-21(15-20)24(31)30-13-11-29(12-14-30)23-16-22(25(26,27)28)10-5-18(23)2/h3-7,10,16,20-21H,8-9,11-15H2,1-2H3. The number of aryl methyl sites for hydroxylation is 2. The van der Waals surface area contributed by atoms with Gasteiger partial charge in [-0.15, -0.1) is 0 Å². The number of amides is 1. The fourth-order valence-corrected chi connectivity index (χ4v) is 4.90. The zero-order valence-corrected chi connectivity index (χ0v) is 18.1. The van der Waals surface area contributed by atoms with E-state index >= 15 is 0 Å². The lowest BCUT2D eigenvalue weighted by Crippen LogP contribution is -2.50. The lowest BCUT2D eigenvalue weighted by atomic mass is 9.95. The maximum atomic E-state index is 13.1. The SMILES string of the molecule is Cc1ccc(C2CCC(C(=O)N3CCN(c4cc(C(F)(F)F)ccc4C)CC3)C2)cc1. The van der Waals surface area contributed by atoms with E-state index in [0.29, 0.717) is 37.8 Å². The van der Waals surface area contributed by atoms with Crippen LogP contribution < -0.4 is 4.90 Å². The van der Waals surface area contributed by atoms with Crippen LogP contribution in [-0.2, 0) is 11.0 Å². The molecule has 4 rings (SSSR count). The Labute approximate surface area is 181 Å². The Morgan fingerprint density at radius 2 is 1.61 bits per heavy atom. The molecule has 1 aliphatic carbocycles. The average molecular weight is 431 g/mol. The van der Waals surface area contributed by atoms with Gasteiger partial charge in [-0.1, -0.05) is 35.9 Å². The van der Waals surface area contributed by atoms with Gasteiger partial charge in [-0.3, -0.25) is 4.79 Å². The molecular weight excluding hydrogens is 401 g/mol. The lowest BCUT2D eigenvalue weighted by molar-refractivity contribution is -0.137. The van der Waals surface area contributed by atoms with E-state index in [9.17, 15) is 18.0 Å². The van der Waals surface area contributed by atoms with Crippen LogP contribution in [0.4, 0.5) is 18.9 Å². The number of carbonyl (C=O) groups is 1. The van der Waals surface area contributed by atoms with Gasteiger partial charge in [0.15, 0.2) is 0 Å². The van der Waals surface area contributed by atoms with Crippen LogP contribution in [0.3, 0.4) is 0 Å². The van der Waals surface area contributed by atoms with E-state index in [4.69, 9.17) is 0 Å². The second kappa shape index (κ2) is 8.56. The molecule has 1 saturated heterocycles. The van der Waals surface area contributed by atoms with Crippen molar-refractivity contribution in [2.45, 2.75) is 45.2 Å². The molecule has 166 valence electrons. The number of piperazine rings is 1. The zero-order chi connectivity index (χ0) is 22.2. The second-order valence-corrected chi connectivity index (χ2v) is 8.93. The summed E-state index contributed by atoms with van der Waals surface area (Å²) in [6, 6.07) is 12.5. The normalized spacial score (nSPS) is 22.1. The topological polar surface area (TPSA) is 23.6 Å². The Bertz CT molecular complexity index is 931. The minimum Gasteiger partial charge on any atom is -0.368 e. The van der Waals surface area contributed by atoms with Gasteiger partial charge in [0.2, 0.25) is 5.91 Å². The number of carbonyl (C=O) groups excluding carboxylic acids is 1. The predicted octanol–water partition coefficient (Wildman–Crippen LogP) is 5.55. The molecule has 0 N–H and O–H groups in total. The molecule has 1 saturated carbocycles. The number of hydrogen-bond donors (Lipinski definition) is 0. The number of benzene rings is 2. The van der Waals surface area contributed by atoms with E-state index in [0.717, 1.165) is 30.9 Å². The summed E-state index contributed by atoms with van der Waals surface area (Å²) in [5.41, 5.74) is 3.36. The maximum absolute atomic E-state index is 13.1. The lowest BCUT2D eigenvalue weighted by Gasteiger charge is -2.38. The summed E-state index contributed by atoms with van der Waals surface area (Å²) in [4.78, 5) is 17.0. The molecule has 1 aliphatic heterocycles. The molecule has 0 radical (unpaired) electrons. The van der Waals surface area contributed by atoms with Crippen molar-refractivity contribution < 1.29 is 18.0 Å². The summed E-state index contributed by atoms with van der Waals surface area (Å²) >= 11 is 0. The first kappa shape index (κ1) is 21.7. The third-order valence-electron chi connectivity index (χ3n) is 6.80. The van der Waals surface area contributed by atoms with Crippen molar-refractivity contribution in [2.75, 3.05) is 31.1 Å². The highest BCUT2D eigenvalue weighted by atomic mass is 19.4. The molecule has 2 aromatic carbocycles. The molecule has 31 heavy (non-hydrogen) atoms. The van der Waals surface area contributed by atoms with E-state index in [1.54, 1.807) is 0 Å². The van der Waals surface area contributed by atoms with Crippen LogP contribution in [0, 0.1) is 19.8 Å². The molecular formula is C25H29F3N2O. The Morgan fingerprint density at radius 3 is 2.26 bits per heavy atom. The molecule has 2 fully saturated rings. The Morgan fingerprint density at radius 1 is 0.935 bits per heavy atom. The van der Waals surface area contributed by atoms with Gasteiger partial charge in [0, 0.05) is 37.8 Å². The summed E-state index contributed by atoms with van der Waals surface area (Å²) in [6.07, 6.45) is -1.53. The number of nitrogens with zero attached hydrogens (tertiary/aromatic N) is 2. The van der Waals surface area contributed by atoms with Gasteiger partial charge in [0.25, 0.3) is 0 Å². The van der Waals surface area contributed by atoms with Gasteiger partial charge in [-0.05, 0) is 62.3 Å². The van der Waals surface area contributed by atoms with Crippen LogP contribution in [0.2, 0.25) is 0 Å². The highest BCUT2D eigenvalue weighted by Gasteiger charge is 2.35. The van der Waals surface area contributed by atoms with Crippen molar-refractivity contribution >= 4 is 11.6 Å². The van der Waals surface area contributed by atoms with Gasteiger partial charge < -0.3 is 9.80 Å². The van der Waals surface area contributed by atoms with Crippen molar-refractivity contribution in [2.24, 2.45) is 5.92 Å². The Kier molecular flexibility index (Phi) is 6.00. The average Bonchev–Trinajstić information content (AvgIpc) is 3.24. The molecule has 2 aliphatic rings. The van der Waals surface area contributed by atoms with Crippen LogP contribution in [0.15, 0.2) is 42.5 Å². The maximum Gasteiger partial charge on any atom is 0.416 e. The minimum absolute atomic E-state index is 0.0492. The third kappa shape index (κ3) is 4.73. The monoisotopic (exact) mass is 430 g/mol. The van der Waals surface area contributed by atoms with E-state index in [1.165, 1.54) is 23.3 Å². The second-order valence-electron chi connectivity index (χ2n) is 8.93. The van der Waals surface area contributed by atoms with Crippen molar-refractivity contribution in [1.82, 2.24) is 4.90 Å². The predicted molar refractivity (Wildman–Crippen MR) is 116 cm³/mol. The number of halogens is 3. The first-order valence-electron chi connectivity index (χ1n) is 11.0. The minimum atomic E-state index is -4.35. The summed E-state index contributed by atoms with van der Waals surface area (Å²) < 4.78 is 39.3. The summed E-state index contributed by atoms with van der Waals surface area (Å²) in [6.45, 7) is 6.13. The fourth-order valence-electron chi connectivity index (χ4n) is 4.90. The molecule has 0 spiro atoms. The molecule has 3 nitrogen and oxygen atoms in total. The molecule has 2 aromatic rings. The van der Waals surface area contributed by atoms with Crippen LogP contribution in [0.1, 0.15) is 47.4 Å².